The van der Waals surface area contributed by atoms with Gasteiger partial charge in [0, 0.05) is 18.8 Å². The number of ketones is 1. The van der Waals surface area contributed by atoms with E-state index in [1.807, 2.05) is 45.0 Å². The summed E-state index contributed by atoms with van der Waals surface area (Å²) >= 11 is 12.2. The summed E-state index contributed by atoms with van der Waals surface area (Å²) in [5.41, 5.74) is 2.04. The first-order chi connectivity index (χ1) is 14.1. The highest BCUT2D eigenvalue weighted by Gasteiger charge is 2.55. The van der Waals surface area contributed by atoms with Crippen molar-refractivity contribution in [2.45, 2.75) is 44.9 Å². The van der Waals surface area contributed by atoms with Crippen molar-refractivity contribution in [3.63, 3.8) is 0 Å². The molecule has 3 atom stereocenters. The lowest BCUT2D eigenvalue weighted by Crippen LogP contribution is -2.34. The number of rotatable bonds is 2. The molecule has 1 saturated heterocycles. The number of benzene rings is 2. The van der Waals surface area contributed by atoms with E-state index in [0.717, 1.165) is 11.1 Å². The predicted molar refractivity (Wildman–Crippen MR) is 118 cm³/mol. The van der Waals surface area contributed by atoms with Gasteiger partial charge in [0.05, 0.1) is 27.6 Å². The van der Waals surface area contributed by atoms with E-state index in [1.54, 1.807) is 18.2 Å². The van der Waals surface area contributed by atoms with Gasteiger partial charge in [-0.2, -0.15) is 0 Å². The molecule has 0 bridgehead atoms. The van der Waals surface area contributed by atoms with Crippen LogP contribution in [0.5, 0.6) is 0 Å². The summed E-state index contributed by atoms with van der Waals surface area (Å²) in [6, 6.07) is 12.6. The normalized spacial score (nSPS) is 24.4. The SMILES string of the molecule is CC(C)(C)c1ccccc1N1C(=O)[C@H]2[C@@H](c3ccc(Cl)c(Cl)c3)CC(=O)C[C@H]2C1=O. The maximum absolute atomic E-state index is 13.6. The Morgan fingerprint density at radius 2 is 1.53 bits per heavy atom. The number of halogens is 2. The van der Waals surface area contributed by atoms with Crippen LogP contribution in [-0.2, 0) is 19.8 Å². The molecule has 0 spiro atoms. The maximum Gasteiger partial charge on any atom is 0.238 e. The first-order valence-electron chi connectivity index (χ1n) is 10.0. The number of nitrogens with zero attached hydrogens (tertiary/aromatic N) is 1. The monoisotopic (exact) mass is 443 g/mol. The van der Waals surface area contributed by atoms with E-state index in [9.17, 15) is 14.4 Å². The molecule has 1 aliphatic heterocycles. The highest BCUT2D eigenvalue weighted by molar-refractivity contribution is 6.42. The molecule has 0 unspecified atom stereocenters. The lowest BCUT2D eigenvalue weighted by molar-refractivity contribution is -0.130. The average Bonchev–Trinajstić information content (AvgIpc) is 2.93. The number of anilines is 1. The van der Waals surface area contributed by atoms with Crippen LogP contribution in [0.25, 0.3) is 0 Å². The largest absolute Gasteiger partial charge is 0.300 e. The Morgan fingerprint density at radius 1 is 0.867 bits per heavy atom. The van der Waals surface area contributed by atoms with Crippen LogP contribution < -0.4 is 4.90 Å². The molecule has 2 amide bonds. The molecule has 6 heteroatoms. The number of fused-ring (bicyclic) bond motifs is 1. The Bertz CT molecular complexity index is 1060. The van der Waals surface area contributed by atoms with E-state index in [2.05, 4.69) is 0 Å². The third kappa shape index (κ3) is 3.46. The molecule has 1 heterocycles. The van der Waals surface area contributed by atoms with Gasteiger partial charge in [-0.3, -0.25) is 14.4 Å². The molecule has 1 aliphatic carbocycles. The Morgan fingerprint density at radius 3 is 2.20 bits per heavy atom. The van der Waals surface area contributed by atoms with Crippen LogP contribution >= 0.6 is 23.2 Å². The molecular formula is C24H23Cl2NO3. The topological polar surface area (TPSA) is 54.5 Å². The average molecular weight is 444 g/mol. The molecule has 2 fully saturated rings. The molecule has 2 aliphatic rings. The van der Waals surface area contributed by atoms with Gasteiger partial charge in [0.1, 0.15) is 5.78 Å². The van der Waals surface area contributed by atoms with Gasteiger partial charge in [-0.15, -0.1) is 0 Å². The van der Waals surface area contributed by atoms with Crippen LogP contribution in [-0.4, -0.2) is 17.6 Å². The summed E-state index contributed by atoms with van der Waals surface area (Å²) < 4.78 is 0. The summed E-state index contributed by atoms with van der Waals surface area (Å²) in [5.74, 6) is -2.18. The van der Waals surface area contributed by atoms with Gasteiger partial charge >= 0.3 is 0 Å². The van der Waals surface area contributed by atoms with E-state index in [1.165, 1.54) is 4.90 Å². The molecule has 2 aromatic carbocycles. The van der Waals surface area contributed by atoms with Crippen molar-refractivity contribution in [2.75, 3.05) is 4.90 Å². The quantitative estimate of drug-likeness (QED) is 0.572. The van der Waals surface area contributed by atoms with Gasteiger partial charge in [-0.25, -0.2) is 4.90 Å². The second-order valence-corrected chi connectivity index (χ2v) is 9.95. The number of carbonyl (C=O) groups is 3. The van der Waals surface area contributed by atoms with Gasteiger partial charge in [0.15, 0.2) is 0 Å². The number of hydrogen-bond acceptors (Lipinski definition) is 3. The minimum Gasteiger partial charge on any atom is -0.300 e. The van der Waals surface area contributed by atoms with Gasteiger partial charge in [0.25, 0.3) is 0 Å². The Hall–Kier alpha value is -2.17. The van der Waals surface area contributed by atoms with E-state index in [4.69, 9.17) is 23.2 Å². The first kappa shape index (κ1) is 21.1. The smallest absolute Gasteiger partial charge is 0.238 e. The molecule has 156 valence electrons. The van der Waals surface area contributed by atoms with Crippen LogP contribution in [0.4, 0.5) is 5.69 Å². The molecule has 4 nitrogen and oxygen atoms in total. The predicted octanol–water partition coefficient (Wildman–Crippen LogP) is 5.54. The zero-order chi connectivity index (χ0) is 21.8. The summed E-state index contributed by atoms with van der Waals surface area (Å²) in [5, 5.41) is 0.782. The zero-order valence-corrected chi connectivity index (χ0v) is 18.6. The van der Waals surface area contributed by atoms with Crippen LogP contribution in [0.3, 0.4) is 0 Å². The second kappa shape index (κ2) is 7.51. The van der Waals surface area contributed by atoms with Crippen molar-refractivity contribution >= 4 is 46.5 Å². The minimum absolute atomic E-state index is 0.0144. The number of Topliss-reactive ketones (excluding diaryl/α,β-unsaturated/α-hetero) is 1. The molecule has 0 N–H and O–H groups in total. The summed E-state index contributed by atoms with van der Waals surface area (Å²) in [7, 11) is 0. The lowest BCUT2D eigenvalue weighted by atomic mass is 9.70. The number of carbonyl (C=O) groups excluding carboxylic acids is 3. The van der Waals surface area contributed by atoms with Crippen molar-refractivity contribution in [2.24, 2.45) is 11.8 Å². The third-order valence-corrected chi connectivity index (χ3v) is 6.87. The molecule has 1 saturated carbocycles. The highest BCUT2D eigenvalue weighted by Crippen LogP contribution is 2.48. The fourth-order valence-electron chi connectivity index (χ4n) is 4.73. The number of hydrogen-bond donors (Lipinski definition) is 0. The van der Waals surface area contributed by atoms with Gasteiger partial charge in [-0.05, 0) is 34.7 Å². The van der Waals surface area contributed by atoms with Crippen molar-refractivity contribution in [3.8, 4) is 0 Å². The van der Waals surface area contributed by atoms with E-state index >= 15 is 0 Å². The van der Waals surface area contributed by atoms with Gasteiger partial charge in [-0.1, -0.05) is 68.2 Å². The minimum atomic E-state index is -0.647. The lowest BCUT2D eigenvalue weighted by Gasteiger charge is -2.30. The Kier molecular flexibility index (Phi) is 5.27. The zero-order valence-electron chi connectivity index (χ0n) is 17.1. The van der Waals surface area contributed by atoms with Gasteiger partial charge in [0.2, 0.25) is 11.8 Å². The highest BCUT2D eigenvalue weighted by atomic mass is 35.5. The fraction of sp³-hybridized carbons (Fsp3) is 0.375. The molecular weight excluding hydrogens is 421 g/mol. The van der Waals surface area contributed by atoms with Crippen LogP contribution in [0.1, 0.15) is 50.7 Å². The summed E-state index contributed by atoms with van der Waals surface area (Å²) in [6.45, 7) is 6.14. The standard InChI is InChI=1S/C24H23Cl2NO3/c1-24(2,3)17-6-4-5-7-20(17)27-22(29)16-12-14(28)11-15(21(16)23(27)30)13-8-9-18(25)19(26)10-13/h4-10,15-16,21H,11-12H2,1-3H3/t15-,16-,21+/m1/s1. The summed E-state index contributed by atoms with van der Waals surface area (Å²) in [4.78, 5) is 40.8. The number of amides is 2. The molecule has 0 aromatic heterocycles. The van der Waals surface area contributed by atoms with Crippen LogP contribution in [0, 0.1) is 11.8 Å². The van der Waals surface area contributed by atoms with Gasteiger partial charge < -0.3 is 0 Å². The third-order valence-electron chi connectivity index (χ3n) is 6.13. The molecule has 2 aromatic rings. The Labute approximate surface area is 186 Å². The van der Waals surface area contributed by atoms with E-state index < -0.39 is 17.8 Å². The van der Waals surface area contributed by atoms with E-state index in [0.29, 0.717) is 15.7 Å². The van der Waals surface area contributed by atoms with Crippen molar-refractivity contribution in [3.05, 3.63) is 63.6 Å². The molecule has 4 rings (SSSR count). The van der Waals surface area contributed by atoms with Crippen molar-refractivity contribution in [1.82, 2.24) is 0 Å². The number of imide groups is 1. The molecule has 30 heavy (non-hydrogen) atoms. The van der Waals surface area contributed by atoms with E-state index in [-0.39, 0.29) is 35.9 Å². The van der Waals surface area contributed by atoms with Crippen LogP contribution in [0.2, 0.25) is 10.0 Å². The number of para-hydroxylation sites is 1. The van der Waals surface area contributed by atoms with Crippen LogP contribution in [0.15, 0.2) is 42.5 Å². The fourth-order valence-corrected chi connectivity index (χ4v) is 5.03. The van der Waals surface area contributed by atoms with Crippen molar-refractivity contribution < 1.29 is 14.4 Å². The Balaban J connectivity index is 1.80. The van der Waals surface area contributed by atoms with Crippen molar-refractivity contribution in [1.29, 1.82) is 0 Å². The second-order valence-electron chi connectivity index (χ2n) is 9.14. The summed E-state index contributed by atoms with van der Waals surface area (Å²) in [6.07, 6.45) is 0.314. The first-order valence-corrected chi connectivity index (χ1v) is 10.8. The molecule has 0 radical (unpaired) electrons. The maximum atomic E-state index is 13.6.